The lowest BCUT2D eigenvalue weighted by Crippen LogP contribution is -2.12. The molecule has 102 valence electrons. The maximum atomic E-state index is 12.4. The number of nitrogens with zero attached hydrogens (tertiary/aromatic N) is 4. The van der Waals surface area contributed by atoms with Gasteiger partial charge in [-0.3, -0.25) is 0 Å². The first kappa shape index (κ1) is 13.5. The molecular formula is C9H8ClF3N6. The van der Waals surface area contributed by atoms with Crippen molar-refractivity contribution in [2.24, 2.45) is 0 Å². The van der Waals surface area contributed by atoms with Crippen molar-refractivity contribution in [2.75, 3.05) is 5.32 Å². The van der Waals surface area contributed by atoms with E-state index >= 15 is 0 Å². The van der Waals surface area contributed by atoms with Gasteiger partial charge >= 0.3 is 6.18 Å². The molecule has 0 aliphatic rings. The Kier molecular flexibility index (Phi) is 3.56. The lowest BCUT2D eigenvalue weighted by Gasteiger charge is -2.13. The Balaban J connectivity index is 2.18. The summed E-state index contributed by atoms with van der Waals surface area (Å²) in [5.41, 5.74) is -0.907. The molecule has 0 radical (unpaired) electrons. The summed E-state index contributed by atoms with van der Waals surface area (Å²) in [5, 5.41) is 15.8. The highest BCUT2D eigenvalue weighted by atomic mass is 35.5. The van der Waals surface area contributed by atoms with Gasteiger partial charge in [0.15, 0.2) is 5.82 Å². The van der Waals surface area contributed by atoms with Crippen molar-refractivity contribution in [3.8, 4) is 0 Å². The topological polar surface area (TPSA) is 79.4 Å². The first-order valence-corrected chi connectivity index (χ1v) is 5.48. The minimum Gasteiger partial charge on any atom is -0.359 e. The van der Waals surface area contributed by atoms with E-state index in [2.05, 4.69) is 30.9 Å². The van der Waals surface area contributed by atoms with Crippen LogP contribution in [0.5, 0.6) is 0 Å². The summed E-state index contributed by atoms with van der Waals surface area (Å²) in [4.78, 5) is 3.65. The standard InChI is InChI=1S/C9H8ClF3N6/c1-4(7-16-18-19-17-7)15-8-6(10)2-5(3-14-8)9(11,12)13/h2-4H,1H3,(H,14,15)(H,16,17,18,19). The van der Waals surface area contributed by atoms with Crippen LogP contribution in [0.25, 0.3) is 0 Å². The van der Waals surface area contributed by atoms with Crippen molar-refractivity contribution >= 4 is 17.4 Å². The van der Waals surface area contributed by atoms with E-state index in [0.29, 0.717) is 12.0 Å². The van der Waals surface area contributed by atoms with Crippen LogP contribution >= 0.6 is 11.6 Å². The largest absolute Gasteiger partial charge is 0.417 e. The summed E-state index contributed by atoms with van der Waals surface area (Å²) in [7, 11) is 0. The average molecular weight is 293 g/mol. The number of pyridine rings is 1. The third-order valence-corrected chi connectivity index (χ3v) is 2.56. The fraction of sp³-hybridized carbons (Fsp3) is 0.333. The van der Waals surface area contributed by atoms with Crippen LogP contribution in [0.4, 0.5) is 19.0 Å². The van der Waals surface area contributed by atoms with E-state index in [1.807, 2.05) is 0 Å². The lowest BCUT2D eigenvalue weighted by molar-refractivity contribution is -0.137. The van der Waals surface area contributed by atoms with E-state index in [-0.39, 0.29) is 10.8 Å². The Bertz CT molecular complexity index is 556. The number of aromatic nitrogens is 5. The molecule has 0 amide bonds. The maximum absolute atomic E-state index is 12.4. The van der Waals surface area contributed by atoms with Gasteiger partial charge in [-0.15, -0.1) is 10.2 Å². The van der Waals surface area contributed by atoms with Crippen LogP contribution in [0.1, 0.15) is 24.4 Å². The van der Waals surface area contributed by atoms with Crippen molar-refractivity contribution in [1.82, 2.24) is 25.6 Å². The molecule has 6 nitrogen and oxygen atoms in total. The molecule has 1 atom stereocenters. The van der Waals surface area contributed by atoms with Crippen LogP contribution in [0, 0.1) is 0 Å². The van der Waals surface area contributed by atoms with E-state index in [1.165, 1.54) is 0 Å². The van der Waals surface area contributed by atoms with Crippen molar-refractivity contribution in [2.45, 2.75) is 19.1 Å². The van der Waals surface area contributed by atoms with Crippen molar-refractivity contribution in [3.05, 3.63) is 28.7 Å². The quantitative estimate of drug-likeness (QED) is 0.908. The zero-order valence-electron chi connectivity index (χ0n) is 9.53. The maximum Gasteiger partial charge on any atom is 0.417 e. The van der Waals surface area contributed by atoms with Gasteiger partial charge in [-0.25, -0.2) is 4.98 Å². The Morgan fingerprint density at radius 1 is 1.42 bits per heavy atom. The molecule has 1 unspecified atom stereocenters. The number of anilines is 1. The summed E-state index contributed by atoms with van der Waals surface area (Å²) in [6.45, 7) is 1.69. The lowest BCUT2D eigenvalue weighted by atomic mass is 10.2. The SMILES string of the molecule is CC(Nc1ncc(C(F)(F)F)cc1Cl)c1nn[nH]n1. The second kappa shape index (κ2) is 5.00. The number of halogens is 4. The molecule has 0 fully saturated rings. The minimum absolute atomic E-state index is 0.118. The van der Waals surface area contributed by atoms with Crippen LogP contribution in [-0.4, -0.2) is 25.6 Å². The molecule has 2 rings (SSSR count). The van der Waals surface area contributed by atoms with Crippen molar-refractivity contribution in [1.29, 1.82) is 0 Å². The van der Waals surface area contributed by atoms with Crippen LogP contribution < -0.4 is 5.32 Å². The smallest absolute Gasteiger partial charge is 0.359 e. The number of tetrazole rings is 1. The number of rotatable bonds is 3. The highest BCUT2D eigenvalue weighted by Gasteiger charge is 2.31. The van der Waals surface area contributed by atoms with E-state index in [4.69, 9.17) is 11.6 Å². The van der Waals surface area contributed by atoms with E-state index in [9.17, 15) is 13.2 Å². The number of aromatic amines is 1. The molecule has 0 aliphatic heterocycles. The molecule has 0 saturated heterocycles. The van der Waals surface area contributed by atoms with E-state index in [0.717, 1.165) is 6.07 Å². The molecule has 2 aromatic heterocycles. The predicted octanol–water partition coefficient (Wildman–Crippen LogP) is 2.44. The molecule has 2 N–H and O–H groups in total. The normalized spacial score (nSPS) is 13.3. The Morgan fingerprint density at radius 2 is 2.16 bits per heavy atom. The van der Waals surface area contributed by atoms with E-state index < -0.39 is 17.8 Å². The number of hydrogen-bond acceptors (Lipinski definition) is 5. The van der Waals surface area contributed by atoms with Gasteiger partial charge in [-0.05, 0) is 13.0 Å². The van der Waals surface area contributed by atoms with Crippen molar-refractivity contribution in [3.63, 3.8) is 0 Å². The molecule has 0 bridgehead atoms. The first-order chi connectivity index (χ1) is 8.88. The molecule has 2 heterocycles. The van der Waals surface area contributed by atoms with Crippen molar-refractivity contribution < 1.29 is 13.2 Å². The average Bonchev–Trinajstić information content (AvgIpc) is 2.84. The molecule has 0 aliphatic carbocycles. The summed E-state index contributed by atoms with van der Waals surface area (Å²) in [6.07, 6.45) is -3.77. The zero-order chi connectivity index (χ0) is 14.0. The number of hydrogen-bond donors (Lipinski definition) is 2. The minimum atomic E-state index is -4.48. The van der Waals surface area contributed by atoms with Gasteiger partial charge in [-0.2, -0.15) is 18.4 Å². The second-order valence-electron chi connectivity index (χ2n) is 3.69. The summed E-state index contributed by atoms with van der Waals surface area (Å²) in [6, 6.07) is 0.403. The van der Waals surface area contributed by atoms with Gasteiger partial charge < -0.3 is 5.32 Å². The van der Waals surface area contributed by atoms with Gasteiger partial charge in [-0.1, -0.05) is 16.8 Å². The molecule has 2 aromatic rings. The predicted molar refractivity (Wildman–Crippen MR) is 60.5 cm³/mol. The molecule has 19 heavy (non-hydrogen) atoms. The van der Waals surface area contributed by atoms with Gasteiger partial charge in [0.25, 0.3) is 0 Å². The number of alkyl halides is 3. The summed E-state index contributed by atoms with van der Waals surface area (Å²) in [5.74, 6) is 0.463. The first-order valence-electron chi connectivity index (χ1n) is 5.10. The summed E-state index contributed by atoms with van der Waals surface area (Å²) < 4.78 is 37.3. The fourth-order valence-electron chi connectivity index (χ4n) is 1.32. The molecular weight excluding hydrogens is 285 g/mol. The van der Waals surface area contributed by atoms with Gasteiger partial charge in [0.2, 0.25) is 0 Å². The molecule has 10 heteroatoms. The molecule has 0 aromatic carbocycles. The van der Waals surface area contributed by atoms with Crippen LogP contribution in [0.15, 0.2) is 12.3 Å². The van der Waals surface area contributed by atoms with Crippen LogP contribution in [0.2, 0.25) is 5.02 Å². The zero-order valence-corrected chi connectivity index (χ0v) is 10.3. The van der Waals surface area contributed by atoms with Gasteiger partial charge in [0, 0.05) is 6.20 Å². The van der Waals surface area contributed by atoms with Gasteiger partial charge in [0.05, 0.1) is 16.6 Å². The second-order valence-corrected chi connectivity index (χ2v) is 4.10. The Morgan fingerprint density at radius 3 is 2.68 bits per heavy atom. The highest BCUT2D eigenvalue weighted by molar-refractivity contribution is 6.32. The van der Waals surface area contributed by atoms with Crippen LogP contribution in [0.3, 0.4) is 0 Å². The number of H-pyrrole nitrogens is 1. The Labute approximate surface area is 110 Å². The third-order valence-electron chi connectivity index (χ3n) is 2.27. The van der Waals surface area contributed by atoms with E-state index in [1.54, 1.807) is 6.92 Å². The molecule has 0 spiro atoms. The fourth-order valence-corrected chi connectivity index (χ4v) is 1.54. The summed E-state index contributed by atoms with van der Waals surface area (Å²) >= 11 is 5.75. The Hall–Kier alpha value is -1.90. The highest BCUT2D eigenvalue weighted by Crippen LogP contribution is 2.33. The van der Waals surface area contributed by atoms with Gasteiger partial charge in [0.1, 0.15) is 5.82 Å². The molecule has 0 saturated carbocycles. The van der Waals surface area contributed by atoms with Crippen LogP contribution in [-0.2, 0) is 6.18 Å². The monoisotopic (exact) mass is 292 g/mol. The third kappa shape index (κ3) is 3.11. The number of nitrogens with one attached hydrogen (secondary N) is 2.